The highest BCUT2D eigenvalue weighted by Gasteiger charge is 2.51. The van der Waals surface area contributed by atoms with Crippen LogP contribution >= 0.6 is 0 Å². The van der Waals surface area contributed by atoms with E-state index in [1.807, 2.05) is 0 Å². The summed E-state index contributed by atoms with van der Waals surface area (Å²) in [5.41, 5.74) is 0. The van der Waals surface area contributed by atoms with Crippen LogP contribution in [0.2, 0.25) is 0 Å². The lowest BCUT2D eigenvalue weighted by Crippen LogP contribution is -2.69. The Morgan fingerprint density at radius 2 is 1.38 bits per heavy atom. The van der Waals surface area contributed by atoms with Crippen LogP contribution in [0.4, 0.5) is 0 Å². The maximum Gasteiger partial charge on any atom is 0.217 e. The zero-order chi connectivity index (χ0) is 21.9. The molecule has 0 unspecified atom stereocenters. The van der Waals surface area contributed by atoms with Crippen LogP contribution in [0.25, 0.3) is 0 Å². The first-order chi connectivity index (χ1) is 13.6. The largest absolute Gasteiger partial charge is 0.394 e. The zero-order valence-corrected chi connectivity index (χ0v) is 15.9. The van der Waals surface area contributed by atoms with Crippen LogP contribution in [0.5, 0.6) is 0 Å². The van der Waals surface area contributed by atoms with Gasteiger partial charge in [-0.05, 0) is 0 Å². The van der Waals surface area contributed by atoms with Crippen molar-refractivity contribution in [1.82, 2.24) is 10.6 Å². The third kappa shape index (κ3) is 5.39. The Bertz CT molecular complexity index is 579. The summed E-state index contributed by atoms with van der Waals surface area (Å²) in [5, 5.41) is 64.5. The molecule has 2 amide bonds. The van der Waals surface area contributed by atoms with Gasteiger partial charge >= 0.3 is 0 Å². The molecule has 2 saturated heterocycles. The number of nitrogens with one attached hydrogen (secondary N) is 2. The fourth-order valence-electron chi connectivity index (χ4n) is 3.38. The molecule has 0 aromatic rings. The van der Waals surface area contributed by atoms with Gasteiger partial charge in [-0.3, -0.25) is 9.59 Å². The fourth-order valence-corrected chi connectivity index (χ4v) is 3.38. The van der Waals surface area contributed by atoms with Gasteiger partial charge in [-0.15, -0.1) is 0 Å². The van der Waals surface area contributed by atoms with Crippen molar-refractivity contribution in [2.45, 2.75) is 75.1 Å². The monoisotopic (exact) mass is 424 g/mol. The summed E-state index contributed by atoms with van der Waals surface area (Å²) in [6.45, 7) is 0.962. The maximum atomic E-state index is 11.5. The molecule has 2 rings (SSSR count). The molecule has 0 aliphatic carbocycles. The molecule has 0 aromatic heterocycles. The van der Waals surface area contributed by atoms with E-state index in [0.29, 0.717) is 0 Å². The van der Waals surface area contributed by atoms with Crippen LogP contribution < -0.4 is 10.6 Å². The van der Waals surface area contributed by atoms with Gasteiger partial charge < -0.3 is 55.5 Å². The van der Waals surface area contributed by atoms with Crippen molar-refractivity contribution >= 4 is 11.8 Å². The van der Waals surface area contributed by atoms with E-state index < -0.39 is 86.3 Å². The first-order valence-electron chi connectivity index (χ1n) is 9.05. The van der Waals surface area contributed by atoms with E-state index in [1.165, 1.54) is 0 Å². The predicted molar refractivity (Wildman–Crippen MR) is 91.8 cm³/mol. The average molecular weight is 424 g/mol. The molecule has 29 heavy (non-hydrogen) atoms. The number of aliphatic hydroxyl groups is 6. The zero-order valence-electron chi connectivity index (χ0n) is 15.9. The standard InChI is InChI=1S/C16H28N2O11/c1-5(21)17-9-13(25)14(8(4-20)27-15(9)26)29-16-10(18-6(2)22)12(24)11(23)7(3-19)28-16/h7-16,19-20,23-26H,3-4H2,1-2H3,(H,17,21)(H,18,22)/t7-,8-,9-,10-,11+,12+,13+,14+,15+,16-/m0/s1. The minimum absolute atomic E-state index is 0.568. The quantitative estimate of drug-likeness (QED) is 0.202. The van der Waals surface area contributed by atoms with Crippen molar-refractivity contribution < 1.29 is 54.4 Å². The maximum absolute atomic E-state index is 11.5. The summed E-state index contributed by atoms with van der Waals surface area (Å²) in [7, 11) is 0. The van der Waals surface area contributed by atoms with Crippen LogP contribution in [0.1, 0.15) is 13.8 Å². The van der Waals surface area contributed by atoms with E-state index in [1.54, 1.807) is 0 Å². The van der Waals surface area contributed by atoms with Gasteiger partial charge in [-0.1, -0.05) is 0 Å². The minimum Gasteiger partial charge on any atom is -0.394 e. The number of carbonyl (C=O) groups is 2. The summed E-state index contributed by atoms with van der Waals surface area (Å²) in [6.07, 6.45) is -11.7. The summed E-state index contributed by atoms with van der Waals surface area (Å²) in [4.78, 5) is 22.8. The molecule has 2 aliphatic heterocycles. The Kier molecular flexibility index (Phi) is 8.28. The van der Waals surface area contributed by atoms with Gasteiger partial charge in [-0.2, -0.15) is 0 Å². The third-order valence-corrected chi connectivity index (χ3v) is 4.78. The molecule has 2 heterocycles. The van der Waals surface area contributed by atoms with Crippen molar-refractivity contribution in [3.05, 3.63) is 0 Å². The van der Waals surface area contributed by atoms with Gasteiger partial charge in [0.25, 0.3) is 0 Å². The molecule has 13 heteroatoms. The first-order valence-corrected chi connectivity index (χ1v) is 9.05. The molecule has 13 nitrogen and oxygen atoms in total. The highest BCUT2D eigenvalue weighted by molar-refractivity contribution is 5.73. The predicted octanol–water partition coefficient (Wildman–Crippen LogP) is -5.11. The Morgan fingerprint density at radius 3 is 1.90 bits per heavy atom. The number of carbonyl (C=O) groups excluding carboxylic acids is 2. The smallest absolute Gasteiger partial charge is 0.217 e. The molecule has 0 aromatic carbocycles. The van der Waals surface area contributed by atoms with E-state index in [2.05, 4.69) is 10.6 Å². The molecule has 8 N–H and O–H groups in total. The van der Waals surface area contributed by atoms with Crippen molar-refractivity contribution in [2.75, 3.05) is 13.2 Å². The number of amides is 2. The molecule has 0 radical (unpaired) electrons. The highest BCUT2D eigenvalue weighted by Crippen LogP contribution is 2.28. The van der Waals surface area contributed by atoms with Gasteiger partial charge in [0.2, 0.25) is 11.8 Å². The Balaban J connectivity index is 2.26. The summed E-state index contributed by atoms with van der Waals surface area (Å²) >= 11 is 0. The molecular formula is C16H28N2O11. The van der Waals surface area contributed by atoms with E-state index >= 15 is 0 Å². The summed E-state index contributed by atoms with van der Waals surface area (Å²) in [5.74, 6) is -1.14. The van der Waals surface area contributed by atoms with Crippen LogP contribution in [-0.4, -0.2) is 117 Å². The topological polar surface area (TPSA) is 207 Å². The lowest BCUT2D eigenvalue weighted by Gasteiger charge is -2.47. The van der Waals surface area contributed by atoms with E-state index in [0.717, 1.165) is 13.8 Å². The fraction of sp³-hybridized carbons (Fsp3) is 0.875. The van der Waals surface area contributed by atoms with Crippen molar-refractivity contribution in [2.24, 2.45) is 0 Å². The number of rotatable bonds is 6. The second-order valence-electron chi connectivity index (χ2n) is 7.00. The second-order valence-corrected chi connectivity index (χ2v) is 7.00. The molecule has 2 fully saturated rings. The SMILES string of the molecule is CC(=O)N[C@@H]1[C@H](O[C@H]2[C@H](O)[C@H](NC(C)=O)[C@H](O)O[C@H]2CO)O[C@@H](CO)[C@@H](O)[C@@H]1O. The molecule has 0 saturated carbocycles. The van der Waals surface area contributed by atoms with Crippen LogP contribution in [0.3, 0.4) is 0 Å². The van der Waals surface area contributed by atoms with E-state index in [4.69, 9.17) is 14.2 Å². The van der Waals surface area contributed by atoms with Gasteiger partial charge in [0.1, 0.15) is 48.7 Å². The minimum atomic E-state index is -1.64. The average Bonchev–Trinajstić information content (AvgIpc) is 2.65. The van der Waals surface area contributed by atoms with Gasteiger partial charge in [0.05, 0.1) is 13.2 Å². The number of aliphatic hydroxyl groups excluding tert-OH is 6. The Hall–Kier alpha value is -1.42. The molecule has 10 atom stereocenters. The van der Waals surface area contributed by atoms with Gasteiger partial charge in [-0.25, -0.2) is 0 Å². The number of ether oxygens (including phenoxy) is 3. The van der Waals surface area contributed by atoms with E-state index in [9.17, 15) is 40.2 Å². The van der Waals surface area contributed by atoms with Gasteiger partial charge in [0.15, 0.2) is 12.6 Å². The number of hydrogen-bond donors (Lipinski definition) is 8. The Morgan fingerprint density at radius 1 is 0.828 bits per heavy atom. The molecule has 168 valence electrons. The van der Waals surface area contributed by atoms with E-state index in [-0.39, 0.29) is 0 Å². The van der Waals surface area contributed by atoms with Gasteiger partial charge in [0, 0.05) is 13.8 Å². The summed E-state index contributed by atoms with van der Waals surface area (Å²) < 4.78 is 16.3. The highest BCUT2D eigenvalue weighted by atomic mass is 16.7. The molecule has 0 spiro atoms. The molecule has 2 aliphatic rings. The lowest BCUT2D eigenvalue weighted by atomic mass is 9.94. The van der Waals surface area contributed by atoms with Crippen LogP contribution in [0.15, 0.2) is 0 Å². The first kappa shape index (κ1) is 23.9. The van der Waals surface area contributed by atoms with Crippen molar-refractivity contribution in [1.29, 1.82) is 0 Å². The molecular weight excluding hydrogens is 396 g/mol. The summed E-state index contributed by atoms with van der Waals surface area (Å²) in [6, 6.07) is -2.59. The number of hydrogen-bond acceptors (Lipinski definition) is 11. The van der Waals surface area contributed by atoms with Crippen LogP contribution in [-0.2, 0) is 23.8 Å². The lowest BCUT2D eigenvalue weighted by molar-refractivity contribution is -0.327. The van der Waals surface area contributed by atoms with Crippen molar-refractivity contribution in [3.8, 4) is 0 Å². The van der Waals surface area contributed by atoms with Crippen molar-refractivity contribution in [3.63, 3.8) is 0 Å². The second kappa shape index (κ2) is 10.1. The molecule has 0 bridgehead atoms. The Labute approximate surface area is 166 Å². The normalized spacial score (nSPS) is 42.9. The third-order valence-electron chi connectivity index (χ3n) is 4.78. The van der Waals surface area contributed by atoms with Crippen LogP contribution in [0, 0.1) is 0 Å².